The maximum Gasteiger partial charge on any atom is 0.227 e. The Kier molecular flexibility index (Phi) is 7.14. The van der Waals surface area contributed by atoms with E-state index in [4.69, 9.17) is 13.8 Å². The van der Waals surface area contributed by atoms with E-state index in [1.54, 1.807) is 0 Å². The van der Waals surface area contributed by atoms with Crippen LogP contribution in [0.1, 0.15) is 0 Å². The molecule has 0 saturated heterocycles. The summed E-state index contributed by atoms with van der Waals surface area (Å²) in [6.07, 6.45) is 0. The van der Waals surface area contributed by atoms with Gasteiger partial charge in [-0.25, -0.2) is 4.98 Å². The summed E-state index contributed by atoms with van der Waals surface area (Å²) in [4.78, 5) is 7.31. The largest absolute Gasteiger partial charge is 0.456 e. The van der Waals surface area contributed by atoms with Crippen LogP contribution in [0.25, 0.3) is 88.3 Å². The molecule has 11 aromatic rings. The smallest absolute Gasteiger partial charge is 0.227 e. The lowest BCUT2D eigenvalue weighted by atomic mass is 9.97. The fourth-order valence-corrected chi connectivity index (χ4v) is 8.06. The Balaban J connectivity index is 1.11. The van der Waals surface area contributed by atoms with Crippen LogP contribution in [0.4, 0.5) is 17.1 Å². The summed E-state index contributed by atoms with van der Waals surface area (Å²) in [5, 5.41) is 6.95. The van der Waals surface area contributed by atoms with Gasteiger partial charge in [0, 0.05) is 45.0 Å². The van der Waals surface area contributed by atoms with Gasteiger partial charge in [0.2, 0.25) is 5.89 Å². The Morgan fingerprint density at radius 3 is 1.84 bits per heavy atom. The van der Waals surface area contributed by atoms with Crippen LogP contribution in [0.5, 0.6) is 0 Å². The van der Waals surface area contributed by atoms with Crippen LogP contribution >= 0.6 is 0 Å². The fraction of sp³-hybridized carbons (Fsp3) is 0. The van der Waals surface area contributed by atoms with Gasteiger partial charge in [0.05, 0.1) is 0 Å². The van der Waals surface area contributed by atoms with Gasteiger partial charge in [-0.1, -0.05) is 133 Å². The van der Waals surface area contributed by atoms with Crippen LogP contribution < -0.4 is 4.90 Å². The van der Waals surface area contributed by atoms with Gasteiger partial charge in [0.1, 0.15) is 16.7 Å². The van der Waals surface area contributed by atoms with Gasteiger partial charge in [-0.3, -0.25) is 0 Å². The van der Waals surface area contributed by atoms with Crippen molar-refractivity contribution >= 4 is 71.6 Å². The van der Waals surface area contributed by atoms with E-state index in [-0.39, 0.29) is 0 Å². The summed E-state index contributed by atoms with van der Waals surface area (Å²) in [6, 6.07) is 68.2. The van der Waals surface area contributed by atoms with Crippen molar-refractivity contribution in [1.82, 2.24) is 4.98 Å². The highest BCUT2D eigenvalue weighted by atomic mass is 16.4. The number of hydrogen-bond acceptors (Lipinski definition) is 4. The second kappa shape index (κ2) is 12.6. The molecule has 0 radical (unpaired) electrons. The first kappa shape index (κ1) is 31.1. The monoisotopic (exact) mass is 704 g/mol. The topological polar surface area (TPSA) is 42.4 Å². The van der Waals surface area contributed by atoms with Crippen LogP contribution in [0.3, 0.4) is 0 Å². The third kappa shape index (κ3) is 5.26. The van der Waals surface area contributed by atoms with E-state index < -0.39 is 0 Å². The van der Waals surface area contributed by atoms with E-state index in [2.05, 4.69) is 150 Å². The Hall–Kier alpha value is -7.43. The van der Waals surface area contributed by atoms with Crippen LogP contribution in [0.15, 0.2) is 203 Å². The van der Waals surface area contributed by atoms with Crippen molar-refractivity contribution in [3.8, 4) is 33.7 Å². The molecule has 0 fully saturated rings. The third-order valence-corrected chi connectivity index (χ3v) is 10.7. The minimum Gasteiger partial charge on any atom is -0.456 e. The molecule has 2 aromatic heterocycles. The van der Waals surface area contributed by atoms with Crippen molar-refractivity contribution in [2.24, 2.45) is 0 Å². The highest BCUT2D eigenvalue weighted by molar-refractivity contribution is 6.19. The zero-order chi connectivity index (χ0) is 36.3. The van der Waals surface area contributed by atoms with Gasteiger partial charge in [-0.15, -0.1) is 0 Å². The van der Waals surface area contributed by atoms with Gasteiger partial charge in [-0.2, -0.15) is 0 Å². The summed E-state index contributed by atoms with van der Waals surface area (Å²) in [6.45, 7) is 0. The van der Waals surface area contributed by atoms with Crippen molar-refractivity contribution in [3.63, 3.8) is 0 Å². The number of rotatable bonds is 6. The molecule has 0 atom stereocenters. The van der Waals surface area contributed by atoms with Gasteiger partial charge in [0.25, 0.3) is 0 Å². The fourth-order valence-electron chi connectivity index (χ4n) is 8.06. The van der Waals surface area contributed by atoms with Crippen molar-refractivity contribution in [1.29, 1.82) is 0 Å². The molecule has 0 aliphatic rings. The van der Waals surface area contributed by atoms with Crippen molar-refractivity contribution in [2.75, 3.05) is 4.90 Å². The molecule has 0 aliphatic carbocycles. The number of hydrogen-bond donors (Lipinski definition) is 0. The predicted octanol–water partition coefficient (Wildman–Crippen LogP) is 14.5. The van der Waals surface area contributed by atoms with Gasteiger partial charge in [0.15, 0.2) is 5.58 Å². The molecule has 0 spiro atoms. The molecule has 2 heterocycles. The van der Waals surface area contributed by atoms with E-state index in [9.17, 15) is 0 Å². The minimum atomic E-state index is 0.582. The number of para-hydroxylation sites is 1. The minimum absolute atomic E-state index is 0.582. The Bertz CT molecular complexity index is 3200. The van der Waals surface area contributed by atoms with E-state index in [1.165, 1.54) is 27.1 Å². The molecule has 258 valence electrons. The average molecular weight is 705 g/mol. The molecule has 0 amide bonds. The van der Waals surface area contributed by atoms with Crippen molar-refractivity contribution < 1.29 is 8.83 Å². The van der Waals surface area contributed by atoms with Crippen LogP contribution in [0.2, 0.25) is 0 Å². The summed E-state index contributed by atoms with van der Waals surface area (Å²) >= 11 is 0. The SMILES string of the molecule is c1ccc(-c2cccc(N(c3ccc(-c4c5oc(-c6ccccc6)nc5cc5oc6ccccc6c45)cc3)c3ccc4ccc5ccccc5c4c3)c2)cc1. The Morgan fingerprint density at radius 1 is 0.382 bits per heavy atom. The van der Waals surface area contributed by atoms with Crippen LogP contribution in [-0.4, -0.2) is 4.98 Å². The highest BCUT2D eigenvalue weighted by Gasteiger charge is 2.22. The van der Waals surface area contributed by atoms with Crippen molar-refractivity contribution in [3.05, 3.63) is 194 Å². The predicted molar refractivity (Wildman–Crippen MR) is 227 cm³/mol. The summed E-state index contributed by atoms with van der Waals surface area (Å²) in [7, 11) is 0. The van der Waals surface area contributed by atoms with E-state index in [0.29, 0.717) is 5.89 Å². The third-order valence-electron chi connectivity index (χ3n) is 10.7. The van der Waals surface area contributed by atoms with Crippen LogP contribution in [0, 0.1) is 0 Å². The standard InChI is InChI=1S/C51H32N2O2/c1-3-12-33(13-4-1)38-17-11-18-40(30-38)53(41-29-24-35-23-22-34-14-7-8-19-42(34)44(35)31-41)39-27-25-36(26-28-39)48-49-43-20-9-10-21-46(43)54-47(49)32-45-50(48)55-51(52-45)37-15-5-2-6-16-37/h1-32H. The lowest BCUT2D eigenvalue weighted by Crippen LogP contribution is -2.10. The molecular weight excluding hydrogens is 673 g/mol. The number of benzene rings is 9. The molecule has 0 aliphatic heterocycles. The van der Waals surface area contributed by atoms with E-state index >= 15 is 0 Å². The molecule has 0 bridgehead atoms. The lowest BCUT2D eigenvalue weighted by molar-refractivity contribution is 0.621. The van der Waals surface area contributed by atoms with E-state index in [0.717, 1.165) is 72.4 Å². The normalized spacial score (nSPS) is 11.6. The van der Waals surface area contributed by atoms with Gasteiger partial charge < -0.3 is 13.7 Å². The lowest BCUT2D eigenvalue weighted by Gasteiger charge is -2.27. The van der Waals surface area contributed by atoms with Gasteiger partial charge >= 0.3 is 0 Å². The number of anilines is 3. The molecule has 0 unspecified atom stereocenters. The number of fused-ring (bicyclic) bond motifs is 7. The highest BCUT2D eigenvalue weighted by Crippen LogP contribution is 2.45. The first-order valence-electron chi connectivity index (χ1n) is 18.5. The molecule has 4 heteroatoms. The molecule has 0 saturated carbocycles. The molecular formula is C51H32N2O2. The Morgan fingerprint density at radius 2 is 1.02 bits per heavy atom. The zero-order valence-corrected chi connectivity index (χ0v) is 29.7. The van der Waals surface area contributed by atoms with Crippen molar-refractivity contribution in [2.45, 2.75) is 0 Å². The Labute approximate surface area is 317 Å². The molecule has 55 heavy (non-hydrogen) atoms. The first-order valence-corrected chi connectivity index (χ1v) is 18.5. The van der Waals surface area contributed by atoms with Crippen LogP contribution in [-0.2, 0) is 0 Å². The second-order valence-electron chi connectivity index (χ2n) is 13.9. The summed E-state index contributed by atoms with van der Waals surface area (Å²) < 4.78 is 13.1. The number of furan rings is 1. The first-order chi connectivity index (χ1) is 27.2. The maximum atomic E-state index is 6.65. The molecule has 0 N–H and O–H groups in total. The number of nitrogens with zero attached hydrogens (tertiary/aromatic N) is 2. The molecule has 11 rings (SSSR count). The number of oxazole rings is 1. The summed E-state index contributed by atoms with van der Waals surface area (Å²) in [5.74, 6) is 0.582. The zero-order valence-electron chi connectivity index (χ0n) is 29.7. The number of aromatic nitrogens is 1. The molecule has 4 nitrogen and oxygen atoms in total. The maximum absolute atomic E-state index is 6.65. The van der Waals surface area contributed by atoms with E-state index in [1.807, 2.05) is 48.5 Å². The second-order valence-corrected chi connectivity index (χ2v) is 13.9. The van der Waals surface area contributed by atoms with Gasteiger partial charge in [-0.05, 0) is 92.8 Å². The molecule has 9 aromatic carbocycles. The average Bonchev–Trinajstić information content (AvgIpc) is 3.85. The summed E-state index contributed by atoms with van der Waals surface area (Å²) in [5.41, 5.74) is 11.5. The quantitative estimate of drug-likeness (QED) is 0.162.